The van der Waals surface area contributed by atoms with E-state index in [-0.39, 0.29) is 5.92 Å². The third kappa shape index (κ3) is 3.55. The maximum absolute atomic E-state index is 11.2. The van der Waals surface area contributed by atoms with Crippen molar-refractivity contribution in [2.45, 2.75) is 19.4 Å². The number of nitrogens with zero attached hydrogens (tertiary/aromatic N) is 2. The summed E-state index contributed by atoms with van der Waals surface area (Å²) in [7, 11) is 1.67. The highest BCUT2D eigenvalue weighted by Crippen LogP contribution is 2.28. The zero-order valence-electron chi connectivity index (χ0n) is 15.5. The lowest BCUT2D eigenvalue weighted by atomic mass is 9.97. The Morgan fingerprint density at radius 2 is 1.81 bits per heavy atom. The summed E-state index contributed by atoms with van der Waals surface area (Å²) in [6.45, 7) is 2.45. The number of methoxy groups -OCH3 is 1. The fraction of sp³-hybridized carbons (Fsp3) is 0.318. The summed E-state index contributed by atoms with van der Waals surface area (Å²) in [6.07, 6.45) is 1.44. The van der Waals surface area contributed by atoms with Crippen molar-refractivity contribution in [3.05, 3.63) is 60.3 Å². The Morgan fingerprint density at radius 3 is 2.48 bits per heavy atom. The predicted molar refractivity (Wildman–Crippen MR) is 105 cm³/mol. The van der Waals surface area contributed by atoms with Gasteiger partial charge in [-0.25, -0.2) is 0 Å². The Bertz CT molecular complexity index is 938. The molecule has 2 heterocycles. The van der Waals surface area contributed by atoms with Crippen LogP contribution < -0.4 is 4.74 Å². The van der Waals surface area contributed by atoms with Crippen LogP contribution in [-0.4, -0.2) is 40.7 Å². The first-order chi connectivity index (χ1) is 13.2. The molecule has 0 bridgehead atoms. The van der Waals surface area contributed by atoms with Crippen molar-refractivity contribution in [2.75, 3.05) is 20.2 Å². The number of para-hydroxylation sites is 1. The van der Waals surface area contributed by atoms with Gasteiger partial charge in [0.1, 0.15) is 5.75 Å². The molecule has 0 unspecified atom stereocenters. The van der Waals surface area contributed by atoms with Crippen molar-refractivity contribution < 1.29 is 14.6 Å². The zero-order valence-corrected chi connectivity index (χ0v) is 15.5. The quantitative estimate of drug-likeness (QED) is 0.745. The number of carboxylic acids is 1. The van der Waals surface area contributed by atoms with Gasteiger partial charge in [-0.2, -0.15) is 0 Å². The molecule has 5 nitrogen and oxygen atoms in total. The van der Waals surface area contributed by atoms with Crippen LogP contribution in [-0.2, 0) is 11.3 Å². The Hall–Kier alpha value is -2.79. The van der Waals surface area contributed by atoms with E-state index in [0.717, 1.165) is 43.9 Å². The number of hydrogen-bond donors (Lipinski definition) is 1. The SMILES string of the molecule is COc1ccc(-n2c(CN3CCC(C(=O)O)CC3)cc3ccccc32)cc1. The first-order valence-corrected chi connectivity index (χ1v) is 9.34. The van der Waals surface area contributed by atoms with Crippen molar-refractivity contribution in [3.63, 3.8) is 0 Å². The molecule has 1 aliphatic rings. The Labute approximate surface area is 158 Å². The van der Waals surface area contributed by atoms with Gasteiger partial charge in [-0.3, -0.25) is 9.69 Å². The summed E-state index contributed by atoms with van der Waals surface area (Å²) in [6, 6.07) is 18.7. The van der Waals surface area contributed by atoms with E-state index in [9.17, 15) is 9.90 Å². The molecule has 1 aromatic heterocycles. The molecule has 140 valence electrons. The maximum atomic E-state index is 11.2. The number of carboxylic acid groups (broad SMARTS) is 1. The first kappa shape index (κ1) is 17.6. The molecule has 5 heteroatoms. The number of benzene rings is 2. The maximum Gasteiger partial charge on any atom is 0.306 e. The monoisotopic (exact) mass is 364 g/mol. The van der Waals surface area contributed by atoms with Crippen LogP contribution in [0.1, 0.15) is 18.5 Å². The van der Waals surface area contributed by atoms with Gasteiger partial charge >= 0.3 is 5.97 Å². The molecule has 4 rings (SSSR count). The third-order valence-electron chi connectivity index (χ3n) is 5.44. The molecule has 0 spiro atoms. The van der Waals surface area contributed by atoms with E-state index >= 15 is 0 Å². The minimum atomic E-state index is -0.665. The van der Waals surface area contributed by atoms with Crippen LogP contribution in [0.5, 0.6) is 5.75 Å². The molecule has 0 aliphatic carbocycles. The molecule has 1 N–H and O–H groups in total. The second-order valence-corrected chi connectivity index (χ2v) is 7.12. The van der Waals surface area contributed by atoms with Gasteiger partial charge in [0.25, 0.3) is 0 Å². The van der Waals surface area contributed by atoms with Gasteiger partial charge in [0, 0.05) is 23.3 Å². The van der Waals surface area contributed by atoms with Gasteiger partial charge in [0.15, 0.2) is 0 Å². The fourth-order valence-electron chi connectivity index (χ4n) is 3.93. The molecular formula is C22H24N2O3. The number of aliphatic carboxylic acids is 1. The third-order valence-corrected chi connectivity index (χ3v) is 5.44. The number of aromatic nitrogens is 1. The molecular weight excluding hydrogens is 340 g/mol. The van der Waals surface area contributed by atoms with Crippen molar-refractivity contribution >= 4 is 16.9 Å². The van der Waals surface area contributed by atoms with E-state index < -0.39 is 5.97 Å². The number of likely N-dealkylation sites (tertiary alicyclic amines) is 1. The van der Waals surface area contributed by atoms with E-state index in [4.69, 9.17) is 4.74 Å². The fourth-order valence-corrected chi connectivity index (χ4v) is 3.93. The van der Waals surface area contributed by atoms with Crippen molar-refractivity contribution in [3.8, 4) is 11.4 Å². The van der Waals surface area contributed by atoms with Crippen LogP contribution in [0, 0.1) is 5.92 Å². The number of fused-ring (bicyclic) bond motifs is 1. The number of hydrogen-bond acceptors (Lipinski definition) is 3. The standard InChI is InChI=1S/C22H24N2O3/c1-27-20-8-6-18(7-9-20)24-19(14-17-4-2-3-5-21(17)24)15-23-12-10-16(11-13-23)22(25)26/h2-9,14,16H,10-13,15H2,1H3,(H,25,26). The number of ether oxygens (including phenoxy) is 1. The average molecular weight is 364 g/mol. The van der Waals surface area contributed by atoms with Crippen molar-refractivity contribution in [1.29, 1.82) is 0 Å². The van der Waals surface area contributed by atoms with Crippen LogP contribution in [0.25, 0.3) is 16.6 Å². The molecule has 1 aliphatic heterocycles. The second-order valence-electron chi connectivity index (χ2n) is 7.12. The molecule has 1 saturated heterocycles. The molecule has 0 radical (unpaired) electrons. The molecule has 1 fully saturated rings. The van der Waals surface area contributed by atoms with E-state index in [1.165, 1.54) is 16.6 Å². The number of rotatable bonds is 5. The van der Waals surface area contributed by atoms with Crippen molar-refractivity contribution in [1.82, 2.24) is 9.47 Å². The van der Waals surface area contributed by atoms with Gasteiger partial charge in [0.2, 0.25) is 0 Å². The molecule has 0 atom stereocenters. The zero-order chi connectivity index (χ0) is 18.8. The van der Waals surface area contributed by atoms with Gasteiger partial charge in [-0.05, 0) is 62.3 Å². The number of piperidine rings is 1. The van der Waals surface area contributed by atoms with Gasteiger partial charge in [-0.15, -0.1) is 0 Å². The summed E-state index contributed by atoms with van der Waals surface area (Å²) < 4.78 is 7.58. The lowest BCUT2D eigenvalue weighted by molar-refractivity contribution is -0.143. The highest BCUT2D eigenvalue weighted by Gasteiger charge is 2.25. The normalized spacial score (nSPS) is 15.9. The Morgan fingerprint density at radius 1 is 1.11 bits per heavy atom. The average Bonchev–Trinajstić information content (AvgIpc) is 3.06. The lowest BCUT2D eigenvalue weighted by Crippen LogP contribution is -2.36. The summed E-state index contributed by atoms with van der Waals surface area (Å²) >= 11 is 0. The summed E-state index contributed by atoms with van der Waals surface area (Å²) in [5.41, 5.74) is 3.50. The topological polar surface area (TPSA) is 54.7 Å². The smallest absolute Gasteiger partial charge is 0.306 e. The molecule has 3 aromatic rings. The van der Waals surface area contributed by atoms with Crippen LogP contribution >= 0.6 is 0 Å². The highest BCUT2D eigenvalue weighted by atomic mass is 16.5. The highest BCUT2D eigenvalue weighted by molar-refractivity contribution is 5.83. The van der Waals surface area contributed by atoms with Gasteiger partial charge < -0.3 is 14.4 Å². The Balaban J connectivity index is 1.65. The molecule has 2 aromatic carbocycles. The van der Waals surface area contributed by atoms with Gasteiger partial charge in [-0.1, -0.05) is 18.2 Å². The van der Waals surface area contributed by atoms with Crippen LogP contribution in [0.3, 0.4) is 0 Å². The minimum absolute atomic E-state index is 0.200. The van der Waals surface area contributed by atoms with Crippen LogP contribution in [0.2, 0.25) is 0 Å². The van der Waals surface area contributed by atoms with E-state index in [1.807, 2.05) is 12.1 Å². The van der Waals surface area contributed by atoms with E-state index in [1.54, 1.807) is 7.11 Å². The largest absolute Gasteiger partial charge is 0.497 e. The minimum Gasteiger partial charge on any atom is -0.497 e. The molecule has 27 heavy (non-hydrogen) atoms. The van der Waals surface area contributed by atoms with E-state index in [2.05, 4.69) is 51.9 Å². The summed E-state index contributed by atoms with van der Waals surface area (Å²) in [5, 5.41) is 10.4. The predicted octanol–water partition coefficient (Wildman–Crippen LogP) is 3.94. The molecule has 0 saturated carbocycles. The second kappa shape index (κ2) is 7.45. The lowest BCUT2D eigenvalue weighted by Gasteiger charge is -2.30. The van der Waals surface area contributed by atoms with Gasteiger partial charge in [0.05, 0.1) is 18.5 Å². The number of carbonyl (C=O) groups is 1. The van der Waals surface area contributed by atoms with Crippen LogP contribution in [0.15, 0.2) is 54.6 Å². The first-order valence-electron chi connectivity index (χ1n) is 9.34. The summed E-state index contributed by atoms with van der Waals surface area (Å²) in [4.78, 5) is 13.6. The van der Waals surface area contributed by atoms with E-state index in [0.29, 0.717) is 0 Å². The summed E-state index contributed by atoms with van der Waals surface area (Å²) in [5.74, 6) is -0.0248. The molecule has 0 amide bonds. The van der Waals surface area contributed by atoms with Crippen LogP contribution in [0.4, 0.5) is 0 Å². The Kier molecular flexibility index (Phi) is 4.86. The van der Waals surface area contributed by atoms with Crippen molar-refractivity contribution in [2.24, 2.45) is 5.92 Å².